The number of allylic oxidation sites excluding steroid dienone is 2. The number of ether oxygens (including phenoxy) is 5. The summed E-state index contributed by atoms with van der Waals surface area (Å²) in [6.07, 6.45) is 18.7. The van der Waals surface area contributed by atoms with Crippen molar-refractivity contribution in [2.45, 2.75) is 143 Å². The number of amides is 4. The van der Waals surface area contributed by atoms with Gasteiger partial charge in [0.2, 0.25) is 24.1 Å². The van der Waals surface area contributed by atoms with Gasteiger partial charge in [-0.1, -0.05) is 97.1 Å². The highest BCUT2D eigenvalue weighted by Crippen LogP contribution is 2.08. The molecule has 0 rings (SSSR count). The van der Waals surface area contributed by atoms with Gasteiger partial charge in [-0.05, 0) is 78.8 Å². The van der Waals surface area contributed by atoms with Gasteiger partial charge in [-0.3, -0.25) is 28.6 Å². The van der Waals surface area contributed by atoms with E-state index in [0.717, 1.165) is 122 Å². The van der Waals surface area contributed by atoms with Crippen LogP contribution in [0.5, 0.6) is 0 Å². The molecule has 18 nitrogen and oxygen atoms in total. The van der Waals surface area contributed by atoms with Crippen LogP contribution in [-0.2, 0) is 47.7 Å². The zero-order valence-corrected chi connectivity index (χ0v) is 45.3. The standard InChI is InChI=1S/C22H42N2O5.C20H40N2O3.C2H6N2OS.C2H6.CH3NO.CH5NS/c1-2-3-14-23-21(26)12-8-6-4-5-7-11-17-28-19-20-29-18-15-24-22(27)13-9-10-16-25;1-19(2)9-8-11-22-20(3)10-6-5-7-13-23-15-17-25-18-16-24-14-12-21-4;3-2(5)1-4-6;1-2;2-1-3;1-2-3/h16H,2-15,17-20H2,1H3,(H,23,26)(H,24,27);21-22H,1,3,5-18H2,2,4H3;4,6H,1H2,(H2,3,5);1-2H3;1H,(H2,2,3);2-3H,1H3. The Kier molecular flexibility index (Phi) is 85.4. The van der Waals surface area contributed by atoms with Crippen LogP contribution in [0.2, 0.25) is 0 Å². The van der Waals surface area contributed by atoms with Crippen LogP contribution in [-0.4, -0.2) is 143 Å². The molecule has 0 radical (unpaired) electrons. The summed E-state index contributed by atoms with van der Waals surface area (Å²) in [5, 5.41) is 12.1. The van der Waals surface area contributed by atoms with E-state index < -0.39 is 5.91 Å². The second-order valence-electron chi connectivity index (χ2n) is 14.7. The number of likely N-dealkylation sites (N-methyl/N-ethyl adjacent to an activating group) is 1. The Bertz CT molecular complexity index is 1070. The third kappa shape index (κ3) is 93.3. The van der Waals surface area contributed by atoms with E-state index in [-0.39, 0.29) is 24.8 Å². The summed E-state index contributed by atoms with van der Waals surface area (Å²) in [5.74, 6) is -0.252. The van der Waals surface area contributed by atoms with Crippen molar-refractivity contribution in [2.24, 2.45) is 11.5 Å². The minimum absolute atomic E-state index is 0.0399. The molecule has 0 atom stereocenters. The monoisotopic (exact) mass is 1010 g/mol. The highest BCUT2D eigenvalue weighted by Gasteiger charge is 2.02. The van der Waals surface area contributed by atoms with Crippen molar-refractivity contribution in [1.82, 2.24) is 30.7 Å². The number of aldehydes is 1. The summed E-state index contributed by atoms with van der Waals surface area (Å²) in [6, 6.07) is 0. The molecule has 0 aromatic heterocycles. The van der Waals surface area contributed by atoms with Gasteiger partial charge in [0, 0.05) is 64.4 Å². The molecule has 10 N–H and O–H groups in total. The molecule has 0 bridgehead atoms. The van der Waals surface area contributed by atoms with Crippen molar-refractivity contribution < 1.29 is 47.7 Å². The SMILES string of the molecule is C=C(C)CCCNC(=C)CCCCCOCCOCCOCCNC.CC.CCCCNC(=O)CCCCCCCCOCCOCCNC(=O)CCCC=O.CNS.NC(=O)CNS.NC=O. The fraction of sp³-hybridized carbons (Fsp3) is 0.812. The number of unbranched alkanes of at least 4 members (excludes halogenated alkanes) is 9. The maximum Gasteiger partial charge on any atom is 0.232 e. The van der Waals surface area contributed by atoms with Gasteiger partial charge in [0.25, 0.3) is 0 Å². The number of thiol groups is 2. The molecule has 406 valence electrons. The summed E-state index contributed by atoms with van der Waals surface area (Å²) >= 11 is 7.05. The number of rotatable bonds is 44. The van der Waals surface area contributed by atoms with E-state index in [0.29, 0.717) is 78.5 Å². The summed E-state index contributed by atoms with van der Waals surface area (Å²) in [4.78, 5) is 51.4. The number of carbonyl (C=O) groups is 5. The Morgan fingerprint density at radius 3 is 1.43 bits per heavy atom. The minimum atomic E-state index is -0.398. The second kappa shape index (κ2) is 75.7. The van der Waals surface area contributed by atoms with Crippen molar-refractivity contribution in [3.63, 3.8) is 0 Å². The van der Waals surface area contributed by atoms with E-state index in [9.17, 15) is 19.2 Å². The van der Waals surface area contributed by atoms with E-state index in [1.54, 1.807) is 7.05 Å². The molecule has 0 unspecified atom stereocenters. The molecule has 4 amide bonds. The Labute approximate surface area is 424 Å². The fourth-order valence-corrected chi connectivity index (χ4v) is 5.12. The third-order valence-electron chi connectivity index (χ3n) is 8.38. The smallest absolute Gasteiger partial charge is 0.232 e. The first-order chi connectivity index (χ1) is 33.0. The average Bonchev–Trinajstić information content (AvgIpc) is 3.31. The van der Waals surface area contributed by atoms with Crippen molar-refractivity contribution >= 4 is 56.0 Å². The van der Waals surface area contributed by atoms with E-state index in [4.69, 9.17) is 28.5 Å². The van der Waals surface area contributed by atoms with Crippen molar-refractivity contribution in [1.29, 1.82) is 0 Å². The summed E-state index contributed by atoms with van der Waals surface area (Å²) in [5.41, 5.74) is 11.2. The molecular formula is C48H102N8O10S2. The van der Waals surface area contributed by atoms with Gasteiger partial charge >= 0.3 is 0 Å². The van der Waals surface area contributed by atoms with Crippen LogP contribution in [0.25, 0.3) is 0 Å². The second-order valence-corrected chi connectivity index (χ2v) is 15.5. The summed E-state index contributed by atoms with van der Waals surface area (Å²) in [7, 11) is 3.65. The van der Waals surface area contributed by atoms with Crippen LogP contribution in [0.4, 0.5) is 0 Å². The lowest BCUT2D eigenvalue weighted by atomic mass is 10.1. The highest BCUT2D eigenvalue weighted by atomic mass is 32.1. The van der Waals surface area contributed by atoms with Gasteiger partial charge in [-0.15, -0.1) is 6.58 Å². The van der Waals surface area contributed by atoms with Gasteiger partial charge in [0.05, 0.1) is 59.4 Å². The molecular weight excluding hydrogens is 913 g/mol. The Morgan fingerprint density at radius 2 is 0.971 bits per heavy atom. The van der Waals surface area contributed by atoms with Crippen LogP contribution in [0.15, 0.2) is 24.4 Å². The normalized spacial score (nSPS) is 9.76. The van der Waals surface area contributed by atoms with Gasteiger partial charge in [-0.25, -0.2) is 0 Å². The van der Waals surface area contributed by atoms with Crippen molar-refractivity contribution in [3.8, 4) is 0 Å². The molecule has 0 aliphatic heterocycles. The molecule has 0 saturated heterocycles. The van der Waals surface area contributed by atoms with Gasteiger partial charge < -0.3 is 61.2 Å². The molecule has 0 spiro atoms. The topological polar surface area (TPSA) is 256 Å². The summed E-state index contributed by atoms with van der Waals surface area (Å²) < 4.78 is 32.0. The van der Waals surface area contributed by atoms with Crippen LogP contribution in [0.1, 0.15) is 143 Å². The van der Waals surface area contributed by atoms with Crippen molar-refractivity contribution in [3.05, 3.63) is 24.4 Å². The molecule has 0 fully saturated rings. The van der Waals surface area contributed by atoms with Crippen molar-refractivity contribution in [2.75, 3.05) is 113 Å². The first-order valence-corrected chi connectivity index (χ1v) is 25.5. The molecule has 0 aliphatic rings. The number of nitrogens with one attached hydrogen (secondary N) is 6. The molecule has 0 heterocycles. The zero-order chi connectivity index (χ0) is 52.4. The van der Waals surface area contributed by atoms with Gasteiger partial charge in [0.15, 0.2) is 0 Å². The molecule has 20 heteroatoms. The van der Waals surface area contributed by atoms with Crippen LogP contribution in [0.3, 0.4) is 0 Å². The van der Waals surface area contributed by atoms with E-state index >= 15 is 0 Å². The van der Waals surface area contributed by atoms with Crippen LogP contribution < -0.4 is 42.2 Å². The van der Waals surface area contributed by atoms with Gasteiger partial charge in [0.1, 0.15) is 6.29 Å². The Hall–Kier alpha value is -2.79. The molecule has 0 aliphatic carbocycles. The first-order valence-electron chi connectivity index (χ1n) is 24.6. The van der Waals surface area contributed by atoms with E-state index in [1.807, 2.05) is 20.9 Å². The Balaban J connectivity index is -0.000000222. The molecule has 0 aromatic rings. The first kappa shape index (κ1) is 76.7. The zero-order valence-electron chi connectivity index (χ0n) is 43.5. The quantitative estimate of drug-likeness (QED) is 0.0156. The number of nitrogens with two attached hydrogens (primary N) is 2. The van der Waals surface area contributed by atoms with E-state index in [2.05, 4.69) is 94.8 Å². The van der Waals surface area contributed by atoms with Gasteiger partial charge in [-0.2, -0.15) is 0 Å². The van der Waals surface area contributed by atoms with E-state index in [1.165, 1.54) is 24.8 Å². The third-order valence-corrected chi connectivity index (χ3v) is 8.54. The maximum absolute atomic E-state index is 11.5. The largest absolute Gasteiger partial charge is 0.389 e. The minimum Gasteiger partial charge on any atom is -0.389 e. The molecule has 68 heavy (non-hydrogen) atoms. The highest BCUT2D eigenvalue weighted by molar-refractivity contribution is 7.78. The van der Waals surface area contributed by atoms with Crippen LogP contribution in [0, 0.1) is 0 Å². The maximum atomic E-state index is 11.5. The number of carbonyl (C=O) groups excluding carboxylic acids is 5. The summed E-state index contributed by atoms with van der Waals surface area (Å²) in [6.45, 7) is 25.9. The lowest BCUT2D eigenvalue weighted by molar-refractivity contribution is -0.122. The molecule has 0 saturated carbocycles. The average molecular weight is 1020 g/mol. The predicted molar refractivity (Wildman–Crippen MR) is 287 cm³/mol. The predicted octanol–water partition coefficient (Wildman–Crippen LogP) is 5.51. The lowest BCUT2D eigenvalue weighted by Crippen LogP contribution is -2.27. The Morgan fingerprint density at radius 1 is 0.559 bits per heavy atom. The number of hydrogen-bond acceptors (Lipinski definition) is 16. The molecule has 0 aromatic carbocycles. The fourth-order valence-electron chi connectivity index (χ4n) is 4.97. The number of primary amides is 2. The number of hydrogen-bond donors (Lipinski definition) is 10. The van der Waals surface area contributed by atoms with Crippen LogP contribution >= 0.6 is 25.6 Å². The lowest BCUT2D eigenvalue weighted by Gasteiger charge is -2.10.